The molecule has 3 aliphatic carbocycles. The molecule has 0 bridgehead atoms. The van der Waals surface area contributed by atoms with Crippen molar-refractivity contribution in [2.75, 3.05) is 25.5 Å². The van der Waals surface area contributed by atoms with Crippen molar-refractivity contribution in [3.05, 3.63) is 41.0 Å². The molecule has 1 N–H and O–H groups in total. The second kappa shape index (κ2) is 14.8. The van der Waals surface area contributed by atoms with Crippen molar-refractivity contribution < 1.29 is 9.59 Å². The first-order chi connectivity index (χ1) is 20.0. The standard InChI is InChI=1S/C22H36N4.C9H11NO.C2H4O.C2H6/c1-15-13-25(4)14-18(15)20-24-23-19(26(20)17-5-6-17)16-11-22(12-16)9-7-21(2,3)8-10-22;1-7-3-4-9(10-6-11)8(2)5-7;1-2-3;1-2/h15-18H,5-14H2,1-4H3;3-6H,1-2H3,(H,10,11);2H,1H3;1-2H3/t15-,18?;;;/m1.../s1. The zero-order chi connectivity index (χ0) is 31.1. The number of likely N-dealkylation sites (N-methyl/N-ethyl adjacent to an activating group) is 1. The molecule has 4 aliphatic rings. The van der Waals surface area contributed by atoms with E-state index < -0.39 is 0 Å². The molecule has 1 aromatic carbocycles. The quantitative estimate of drug-likeness (QED) is 0.365. The second-order valence-electron chi connectivity index (χ2n) is 13.9. The lowest BCUT2D eigenvalue weighted by Crippen LogP contribution is -2.41. The number of nitrogens with one attached hydrogen (secondary N) is 1. The Morgan fingerprint density at radius 1 is 0.952 bits per heavy atom. The van der Waals surface area contributed by atoms with Gasteiger partial charge in [-0.25, -0.2) is 0 Å². The van der Waals surface area contributed by atoms with Crippen LogP contribution in [0.3, 0.4) is 0 Å². The molecule has 234 valence electrons. The van der Waals surface area contributed by atoms with Crippen LogP contribution >= 0.6 is 0 Å². The third kappa shape index (κ3) is 8.30. The van der Waals surface area contributed by atoms with Gasteiger partial charge in [-0.15, -0.1) is 10.2 Å². The molecule has 2 heterocycles. The predicted octanol–water partition coefficient (Wildman–Crippen LogP) is 7.85. The molecule has 1 spiro atoms. The van der Waals surface area contributed by atoms with Gasteiger partial charge < -0.3 is 19.6 Å². The Labute approximate surface area is 255 Å². The number of rotatable bonds is 5. The van der Waals surface area contributed by atoms with E-state index in [0.717, 1.165) is 24.1 Å². The Kier molecular flexibility index (Phi) is 11.9. The van der Waals surface area contributed by atoms with Gasteiger partial charge in [-0.3, -0.25) is 4.79 Å². The van der Waals surface area contributed by atoms with E-state index in [2.05, 4.69) is 42.6 Å². The molecule has 1 saturated heterocycles. The number of hydrogen-bond donors (Lipinski definition) is 1. The van der Waals surface area contributed by atoms with E-state index in [-0.39, 0.29) is 0 Å². The lowest BCUT2D eigenvalue weighted by atomic mass is 9.52. The van der Waals surface area contributed by atoms with Gasteiger partial charge in [-0.1, -0.05) is 52.3 Å². The number of carbonyl (C=O) groups is 2. The van der Waals surface area contributed by atoms with E-state index in [1.807, 2.05) is 45.9 Å². The van der Waals surface area contributed by atoms with Crippen molar-refractivity contribution in [2.24, 2.45) is 16.7 Å². The van der Waals surface area contributed by atoms with E-state index in [0.29, 0.717) is 41.0 Å². The largest absolute Gasteiger partial charge is 0.328 e. The van der Waals surface area contributed by atoms with Crippen LogP contribution < -0.4 is 5.32 Å². The number of hydrogen-bond acceptors (Lipinski definition) is 5. The highest BCUT2D eigenvalue weighted by molar-refractivity contribution is 5.73. The molecule has 42 heavy (non-hydrogen) atoms. The van der Waals surface area contributed by atoms with E-state index >= 15 is 0 Å². The molecule has 2 aromatic rings. The summed E-state index contributed by atoms with van der Waals surface area (Å²) in [5.74, 6) is 4.60. The minimum Gasteiger partial charge on any atom is -0.328 e. The SMILES string of the molecule is CC.CC=O.C[C@@H]1CN(C)CC1c1nnc(C2CC3(CCC(C)(C)CC3)C2)n1C1CC1.Cc1ccc(NC=O)c(C)c1. The highest BCUT2D eigenvalue weighted by Gasteiger charge is 2.50. The lowest BCUT2D eigenvalue weighted by Gasteiger charge is -2.53. The molecule has 3 saturated carbocycles. The fourth-order valence-electron chi connectivity index (χ4n) is 7.17. The number of aldehydes is 1. The lowest BCUT2D eigenvalue weighted by molar-refractivity contribution is -0.106. The highest BCUT2D eigenvalue weighted by Crippen LogP contribution is 2.61. The van der Waals surface area contributed by atoms with Gasteiger partial charge in [0.2, 0.25) is 6.41 Å². The van der Waals surface area contributed by atoms with Gasteiger partial charge in [0.25, 0.3) is 0 Å². The third-order valence-corrected chi connectivity index (χ3v) is 9.77. The van der Waals surface area contributed by atoms with Gasteiger partial charge in [-0.2, -0.15) is 0 Å². The summed E-state index contributed by atoms with van der Waals surface area (Å²) in [6.45, 7) is 19.1. The summed E-state index contributed by atoms with van der Waals surface area (Å²) in [6.07, 6.45) is 12.5. The van der Waals surface area contributed by atoms with Gasteiger partial charge in [0.05, 0.1) is 0 Å². The second-order valence-corrected chi connectivity index (χ2v) is 13.9. The van der Waals surface area contributed by atoms with Crippen LogP contribution in [0.15, 0.2) is 18.2 Å². The van der Waals surface area contributed by atoms with E-state index in [9.17, 15) is 4.79 Å². The van der Waals surface area contributed by atoms with Crippen molar-refractivity contribution in [1.29, 1.82) is 0 Å². The van der Waals surface area contributed by atoms with E-state index in [1.54, 1.807) is 0 Å². The minimum absolute atomic E-state index is 0.572. The first kappa shape index (κ1) is 34.0. The Morgan fingerprint density at radius 2 is 1.55 bits per heavy atom. The molecule has 1 unspecified atom stereocenters. The number of aromatic nitrogens is 3. The van der Waals surface area contributed by atoms with E-state index in [1.165, 1.54) is 82.0 Å². The number of carbonyl (C=O) groups excluding carboxylic acids is 2. The molecule has 4 fully saturated rings. The fourth-order valence-corrected chi connectivity index (χ4v) is 7.17. The molecular formula is C35H57N5O2. The summed E-state index contributed by atoms with van der Waals surface area (Å²) in [6, 6.07) is 6.61. The summed E-state index contributed by atoms with van der Waals surface area (Å²) in [4.78, 5) is 21.4. The van der Waals surface area contributed by atoms with Crippen LogP contribution in [0.25, 0.3) is 0 Å². The topological polar surface area (TPSA) is 80.1 Å². The van der Waals surface area contributed by atoms with E-state index in [4.69, 9.17) is 15.0 Å². The van der Waals surface area contributed by atoms with Gasteiger partial charge in [-0.05, 0) is 108 Å². The third-order valence-electron chi connectivity index (χ3n) is 9.77. The minimum atomic E-state index is 0.572. The van der Waals surface area contributed by atoms with Crippen molar-refractivity contribution in [2.45, 2.75) is 125 Å². The van der Waals surface area contributed by atoms with Gasteiger partial charge >= 0.3 is 0 Å². The Balaban J connectivity index is 0.000000254. The zero-order valence-electron chi connectivity index (χ0n) is 27.9. The molecule has 1 aromatic heterocycles. The van der Waals surface area contributed by atoms with Crippen molar-refractivity contribution in [1.82, 2.24) is 19.7 Å². The Hall–Kier alpha value is -2.54. The molecule has 1 aliphatic heterocycles. The number of aryl methyl sites for hydroxylation is 2. The van der Waals surface area contributed by atoms with Crippen LogP contribution in [0.4, 0.5) is 5.69 Å². The normalized spacial score (nSPS) is 24.1. The maximum absolute atomic E-state index is 10.1. The average Bonchev–Trinajstić information content (AvgIpc) is 3.59. The Bertz CT molecular complexity index is 1150. The number of benzene rings is 1. The fraction of sp³-hybridized carbons (Fsp3) is 0.714. The molecule has 7 heteroatoms. The van der Waals surface area contributed by atoms with Crippen LogP contribution in [0.1, 0.15) is 134 Å². The molecule has 7 nitrogen and oxygen atoms in total. The maximum Gasteiger partial charge on any atom is 0.211 e. The van der Waals surface area contributed by atoms with Crippen LogP contribution in [0.5, 0.6) is 0 Å². The van der Waals surface area contributed by atoms with Gasteiger partial charge in [0, 0.05) is 36.7 Å². The summed E-state index contributed by atoms with van der Waals surface area (Å²) in [7, 11) is 2.25. The van der Waals surface area contributed by atoms with Crippen LogP contribution in [-0.2, 0) is 9.59 Å². The van der Waals surface area contributed by atoms with Crippen molar-refractivity contribution >= 4 is 18.4 Å². The molecule has 0 radical (unpaired) electrons. The van der Waals surface area contributed by atoms with Crippen LogP contribution in [0.2, 0.25) is 0 Å². The maximum atomic E-state index is 10.1. The number of likely N-dealkylation sites (tertiary alicyclic amines) is 1. The molecular weight excluding hydrogens is 522 g/mol. The first-order valence-electron chi connectivity index (χ1n) is 16.3. The van der Waals surface area contributed by atoms with Crippen molar-refractivity contribution in [3.63, 3.8) is 0 Å². The summed E-state index contributed by atoms with van der Waals surface area (Å²) < 4.78 is 2.62. The smallest absolute Gasteiger partial charge is 0.211 e. The molecule has 2 atom stereocenters. The molecule has 1 amide bonds. The zero-order valence-corrected chi connectivity index (χ0v) is 27.9. The number of nitrogens with zero attached hydrogens (tertiary/aromatic N) is 4. The van der Waals surface area contributed by atoms with Gasteiger partial charge in [0.1, 0.15) is 17.9 Å². The summed E-state index contributed by atoms with van der Waals surface area (Å²) in [5, 5.41) is 12.2. The first-order valence-corrected chi connectivity index (χ1v) is 16.3. The van der Waals surface area contributed by atoms with Crippen LogP contribution in [-0.4, -0.2) is 52.5 Å². The summed E-state index contributed by atoms with van der Waals surface area (Å²) in [5.41, 5.74) is 4.39. The average molecular weight is 580 g/mol. The van der Waals surface area contributed by atoms with Crippen LogP contribution in [0, 0.1) is 30.6 Å². The Morgan fingerprint density at radius 3 is 2.05 bits per heavy atom. The highest BCUT2D eigenvalue weighted by atomic mass is 16.1. The van der Waals surface area contributed by atoms with Gasteiger partial charge in [0.15, 0.2) is 0 Å². The monoisotopic (exact) mass is 579 g/mol. The predicted molar refractivity (Wildman–Crippen MR) is 173 cm³/mol. The number of amides is 1. The molecule has 6 rings (SSSR count). The van der Waals surface area contributed by atoms with Crippen molar-refractivity contribution in [3.8, 4) is 0 Å². The summed E-state index contributed by atoms with van der Waals surface area (Å²) >= 11 is 0. The number of anilines is 1.